The van der Waals surface area contributed by atoms with Crippen LogP contribution >= 0.6 is 35.0 Å². The normalized spacial score (nSPS) is 11.3. The highest BCUT2D eigenvalue weighted by Gasteiger charge is 2.21. The van der Waals surface area contributed by atoms with Crippen LogP contribution in [0.1, 0.15) is 42.4 Å². The predicted molar refractivity (Wildman–Crippen MR) is 142 cm³/mol. The third-order valence-corrected chi connectivity index (χ3v) is 6.84. The zero-order valence-corrected chi connectivity index (χ0v) is 22.2. The first-order valence-corrected chi connectivity index (χ1v) is 12.8. The lowest BCUT2D eigenvalue weighted by Gasteiger charge is -2.14. The SMILES string of the molecule is COc1ccc(Cn2c(COCc3ccccc3)nc(C(C)C)c2Sc2cc(Cl)cc(Cl)c2)cn1. The summed E-state index contributed by atoms with van der Waals surface area (Å²) in [6, 6.07) is 19.6. The van der Waals surface area contributed by atoms with Crippen molar-refractivity contribution < 1.29 is 9.47 Å². The number of methoxy groups -OCH3 is 1. The maximum atomic E-state index is 6.29. The number of benzene rings is 2. The van der Waals surface area contributed by atoms with Crippen molar-refractivity contribution in [3.05, 3.63) is 99.6 Å². The molecule has 0 saturated carbocycles. The number of nitrogens with zero attached hydrogens (tertiary/aromatic N) is 3. The standard InChI is InChI=1S/C27H27Cl2N3O2S/c1-18(2)26-27(35-23-12-21(28)11-22(29)13-23)32(15-20-9-10-25(33-3)30-14-20)24(31-26)17-34-16-19-7-5-4-6-8-19/h4-14,18H,15-17H2,1-3H3. The van der Waals surface area contributed by atoms with Gasteiger partial charge in [-0.15, -0.1) is 0 Å². The van der Waals surface area contributed by atoms with Crippen LogP contribution in [0.25, 0.3) is 0 Å². The zero-order chi connectivity index (χ0) is 24.8. The van der Waals surface area contributed by atoms with Crippen LogP contribution < -0.4 is 4.74 Å². The van der Waals surface area contributed by atoms with Crippen molar-refractivity contribution in [1.29, 1.82) is 0 Å². The fourth-order valence-corrected chi connectivity index (χ4v) is 5.52. The number of hydrogen-bond acceptors (Lipinski definition) is 5. The highest BCUT2D eigenvalue weighted by atomic mass is 35.5. The van der Waals surface area contributed by atoms with E-state index in [1.54, 1.807) is 24.9 Å². The minimum atomic E-state index is 0.218. The summed E-state index contributed by atoms with van der Waals surface area (Å²) in [5.41, 5.74) is 3.16. The molecule has 0 radical (unpaired) electrons. The fourth-order valence-electron chi connectivity index (χ4n) is 3.60. The van der Waals surface area contributed by atoms with Crippen LogP contribution in [0.15, 0.2) is 76.8 Å². The number of aromatic nitrogens is 3. The molecular weight excluding hydrogens is 501 g/mol. The van der Waals surface area contributed by atoms with Gasteiger partial charge in [-0.25, -0.2) is 9.97 Å². The third kappa shape index (κ3) is 6.79. The number of ether oxygens (including phenoxy) is 2. The van der Waals surface area contributed by atoms with Crippen molar-refractivity contribution in [1.82, 2.24) is 14.5 Å². The van der Waals surface area contributed by atoms with E-state index in [0.29, 0.717) is 35.7 Å². The number of halogens is 2. The van der Waals surface area contributed by atoms with Gasteiger partial charge in [-0.05, 0) is 35.2 Å². The van der Waals surface area contributed by atoms with Crippen molar-refractivity contribution in [2.24, 2.45) is 0 Å². The Morgan fingerprint density at radius 1 is 0.943 bits per heavy atom. The molecule has 0 aliphatic carbocycles. The molecule has 2 heterocycles. The van der Waals surface area contributed by atoms with Gasteiger partial charge in [0.05, 0.1) is 26.0 Å². The molecule has 0 amide bonds. The zero-order valence-electron chi connectivity index (χ0n) is 19.9. The summed E-state index contributed by atoms with van der Waals surface area (Å²) in [4.78, 5) is 10.3. The van der Waals surface area contributed by atoms with Crippen LogP contribution in [0.2, 0.25) is 10.0 Å². The lowest BCUT2D eigenvalue weighted by atomic mass is 10.1. The Hall–Kier alpha value is -2.51. The van der Waals surface area contributed by atoms with Gasteiger partial charge in [0.15, 0.2) is 0 Å². The summed E-state index contributed by atoms with van der Waals surface area (Å²) < 4.78 is 13.5. The summed E-state index contributed by atoms with van der Waals surface area (Å²) >= 11 is 14.2. The van der Waals surface area contributed by atoms with Crippen LogP contribution in [0.4, 0.5) is 0 Å². The summed E-state index contributed by atoms with van der Waals surface area (Å²) in [6.45, 7) is 5.78. The van der Waals surface area contributed by atoms with Crippen LogP contribution in [0.5, 0.6) is 5.88 Å². The lowest BCUT2D eigenvalue weighted by Crippen LogP contribution is -2.09. The second-order valence-electron chi connectivity index (χ2n) is 8.35. The Bertz CT molecular complexity index is 1240. The van der Waals surface area contributed by atoms with E-state index in [9.17, 15) is 0 Å². The van der Waals surface area contributed by atoms with Gasteiger partial charge in [0.1, 0.15) is 17.5 Å². The van der Waals surface area contributed by atoms with E-state index in [-0.39, 0.29) is 5.92 Å². The van der Waals surface area contributed by atoms with E-state index < -0.39 is 0 Å². The van der Waals surface area contributed by atoms with Crippen LogP contribution in [-0.2, 0) is 24.5 Å². The van der Waals surface area contributed by atoms with E-state index in [4.69, 9.17) is 37.7 Å². The molecule has 2 aromatic carbocycles. The van der Waals surface area contributed by atoms with Gasteiger partial charge >= 0.3 is 0 Å². The number of hydrogen-bond donors (Lipinski definition) is 0. The van der Waals surface area contributed by atoms with Crippen molar-refractivity contribution >= 4 is 35.0 Å². The van der Waals surface area contributed by atoms with Gasteiger partial charge in [0, 0.05) is 27.2 Å². The molecule has 0 N–H and O–H groups in total. The van der Waals surface area contributed by atoms with Gasteiger partial charge < -0.3 is 14.0 Å². The topological polar surface area (TPSA) is 49.2 Å². The molecule has 0 spiro atoms. The minimum absolute atomic E-state index is 0.218. The van der Waals surface area contributed by atoms with Gasteiger partial charge in [-0.3, -0.25) is 0 Å². The Morgan fingerprint density at radius 2 is 1.69 bits per heavy atom. The molecule has 182 valence electrons. The monoisotopic (exact) mass is 527 g/mol. The van der Waals surface area contributed by atoms with Crippen LogP contribution in [0.3, 0.4) is 0 Å². The highest BCUT2D eigenvalue weighted by molar-refractivity contribution is 7.99. The Balaban J connectivity index is 1.69. The smallest absolute Gasteiger partial charge is 0.212 e. The van der Waals surface area contributed by atoms with Gasteiger partial charge in [0.25, 0.3) is 0 Å². The molecular formula is C27H27Cl2N3O2S. The quantitative estimate of drug-likeness (QED) is 0.212. The van der Waals surface area contributed by atoms with E-state index in [1.165, 1.54) is 0 Å². The van der Waals surface area contributed by atoms with E-state index in [1.807, 2.05) is 48.7 Å². The largest absolute Gasteiger partial charge is 0.481 e. The third-order valence-electron chi connectivity index (χ3n) is 5.31. The summed E-state index contributed by atoms with van der Waals surface area (Å²) in [5, 5.41) is 2.23. The summed E-state index contributed by atoms with van der Waals surface area (Å²) in [6.07, 6.45) is 1.83. The molecule has 8 heteroatoms. The maximum Gasteiger partial charge on any atom is 0.212 e. The Labute approximate surface area is 220 Å². The lowest BCUT2D eigenvalue weighted by molar-refractivity contribution is 0.0991. The van der Waals surface area contributed by atoms with Crippen LogP contribution in [-0.4, -0.2) is 21.6 Å². The second-order valence-corrected chi connectivity index (χ2v) is 10.3. The molecule has 35 heavy (non-hydrogen) atoms. The minimum Gasteiger partial charge on any atom is -0.481 e. The number of imidazole rings is 1. The molecule has 0 fully saturated rings. The molecule has 4 aromatic rings. The number of pyridine rings is 1. The predicted octanol–water partition coefficient (Wildman–Crippen LogP) is 7.63. The molecule has 0 saturated heterocycles. The average molecular weight is 529 g/mol. The molecule has 0 unspecified atom stereocenters. The Morgan fingerprint density at radius 3 is 2.31 bits per heavy atom. The van der Waals surface area contributed by atoms with Crippen molar-refractivity contribution in [3.8, 4) is 5.88 Å². The van der Waals surface area contributed by atoms with Crippen molar-refractivity contribution in [2.75, 3.05) is 7.11 Å². The molecule has 0 atom stereocenters. The van der Waals surface area contributed by atoms with E-state index >= 15 is 0 Å². The van der Waals surface area contributed by atoms with E-state index in [0.717, 1.165) is 32.6 Å². The molecule has 0 bridgehead atoms. The van der Waals surface area contributed by atoms with Gasteiger partial charge in [-0.1, -0.05) is 85.2 Å². The number of rotatable bonds is 10. The molecule has 0 aliphatic rings. The second kappa shape index (κ2) is 12.0. The van der Waals surface area contributed by atoms with E-state index in [2.05, 4.69) is 35.5 Å². The molecule has 0 aliphatic heterocycles. The maximum absolute atomic E-state index is 6.29. The molecule has 5 nitrogen and oxygen atoms in total. The molecule has 4 rings (SSSR count). The fraction of sp³-hybridized carbons (Fsp3) is 0.259. The van der Waals surface area contributed by atoms with Crippen LogP contribution in [0, 0.1) is 0 Å². The summed E-state index contributed by atoms with van der Waals surface area (Å²) in [5.74, 6) is 1.66. The Kier molecular flexibility index (Phi) is 8.74. The van der Waals surface area contributed by atoms with Gasteiger partial charge in [-0.2, -0.15) is 0 Å². The van der Waals surface area contributed by atoms with Crippen molar-refractivity contribution in [2.45, 2.75) is 49.4 Å². The summed E-state index contributed by atoms with van der Waals surface area (Å²) in [7, 11) is 1.61. The first-order valence-electron chi connectivity index (χ1n) is 11.3. The average Bonchev–Trinajstić information content (AvgIpc) is 3.16. The first-order chi connectivity index (χ1) is 16.9. The first kappa shape index (κ1) is 25.6. The molecule has 2 aromatic heterocycles. The van der Waals surface area contributed by atoms with Gasteiger partial charge in [0.2, 0.25) is 5.88 Å². The van der Waals surface area contributed by atoms with Crippen molar-refractivity contribution in [3.63, 3.8) is 0 Å². The highest BCUT2D eigenvalue weighted by Crippen LogP contribution is 2.37.